The van der Waals surface area contributed by atoms with E-state index in [0.717, 1.165) is 5.56 Å². The number of nitrogens with zero attached hydrogens (tertiary/aromatic N) is 1. The van der Waals surface area contributed by atoms with Crippen LogP contribution in [0, 0.1) is 6.26 Å². The Morgan fingerprint density at radius 2 is 1.92 bits per heavy atom. The predicted molar refractivity (Wildman–Crippen MR) is 40.8 cm³/mol. The van der Waals surface area contributed by atoms with Gasteiger partial charge in [-0.3, -0.25) is 0 Å². The molecule has 60 valence electrons. The molecule has 0 atom stereocenters. The van der Waals surface area contributed by atoms with Crippen LogP contribution >= 0.6 is 0 Å². The van der Waals surface area contributed by atoms with Crippen LogP contribution in [0.15, 0.2) is 40.9 Å². The van der Waals surface area contributed by atoms with Crippen molar-refractivity contribution in [2.24, 2.45) is 0 Å². The van der Waals surface area contributed by atoms with Gasteiger partial charge in [-0.15, -0.1) is 0 Å². The van der Waals surface area contributed by atoms with Crippen molar-refractivity contribution in [2.45, 2.75) is 0 Å². The monoisotopic (exact) mass is 328 g/mol. The van der Waals surface area contributed by atoms with Gasteiger partial charge < -0.3 is 9.40 Å². The van der Waals surface area contributed by atoms with Crippen LogP contribution in [0.3, 0.4) is 0 Å². The fourth-order valence-electron chi connectivity index (χ4n) is 0.908. The molecule has 0 aliphatic heterocycles. The summed E-state index contributed by atoms with van der Waals surface area (Å²) in [7, 11) is 0. The first-order chi connectivity index (χ1) is 5.47. The standard InChI is InChI=1S/C9H6NO.W/c1-2-4-8(5-3-1)9-10-6-7-11-9;/h1-6H;/q-1;. The molecule has 0 saturated heterocycles. The van der Waals surface area contributed by atoms with Crippen LogP contribution in [0.5, 0.6) is 0 Å². The van der Waals surface area contributed by atoms with Crippen LogP contribution in [-0.2, 0) is 21.1 Å². The molecule has 0 radical (unpaired) electrons. The Morgan fingerprint density at radius 3 is 2.50 bits per heavy atom. The maximum Gasteiger partial charge on any atom is 0.0645 e. The molecule has 2 rings (SSSR count). The quantitative estimate of drug-likeness (QED) is 0.750. The van der Waals surface area contributed by atoms with Crippen molar-refractivity contribution in [3.8, 4) is 11.5 Å². The predicted octanol–water partition coefficient (Wildman–Crippen LogP) is 2.14. The summed E-state index contributed by atoms with van der Waals surface area (Å²) in [6, 6.07) is 9.73. The summed E-state index contributed by atoms with van der Waals surface area (Å²) in [6.07, 6.45) is 4.06. The largest absolute Gasteiger partial charge is 0.627 e. The minimum atomic E-state index is 0. The van der Waals surface area contributed by atoms with E-state index in [9.17, 15) is 0 Å². The molecule has 1 aromatic heterocycles. The molecule has 0 amide bonds. The summed E-state index contributed by atoms with van der Waals surface area (Å²) in [5.41, 5.74) is 0.980. The molecular weight excluding hydrogens is 322 g/mol. The van der Waals surface area contributed by atoms with Crippen LogP contribution in [0.25, 0.3) is 11.5 Å². The van der Waals surface area contributed by atoms with E-state index in [1.54, 1.807) is 0 Å². The first-order valence-electron chi connectivity index (χ1n) is 3.34. The fraction of sp³-hybridized carbons (Fsp3) is 0. The van der Waals surface area contributed by atoms with E-state index in [2.05, 4.69) is 11.2 Å². The molecule has 0 fully saturated rings. The van der Waals surface area contributed by atoms with E-state index in [1.807, 2.05) is 30.3 Å². The Kier molecular flexibility index (Phi) is 3.24. The van der Waals surface area contributed by atoms with Gasteiger partial charge >= 0.3 is 0 Å². The Labute approximate surface area is 84.9 Å². The summed E-state index contributed by atoms with van der Waals surface area (Å²) >= 11 is 0. The number of hydrogen-bond acceptors (Lipinski definition) is 2. The third-order valence-corrected chi connectivity index (χ3v) is 1.41. The summed E-state index contributed by atoms with van der Waals surface area (Å²) in [4.78, 5) is 3.96. The van der Waals surface area contributed by atoms with E-state index >= 15 is 0 Å². The van der Waals surface area contributed by atoms with E-state index in [1.165, 1.54) is 6.20 Å². The van der Waals surface area contributed by atoms with Gasteiger partial charge in [-0.05, 0) is 11.8 Å². The number of aromatic nitrogens is 1. The van der Waals surface area contributed by atoms with Crippen LogP contribution < -0.4 is 0 Å². The van der Waals surface area contributed by atoms with Crippen molar-refractivity contribution < 1.29 is 25.5 Å². The second-order valence-corrected chi connectivity index (χ2v) is 2.15. The maximum absolute atomic E-state index is 4.98. The van der Waals surface area contributed by atoms with Gasteiger partial charge in [0.15, 0.2) is 0 Å². The molecule has 0 bridgehead atoms. The number of hydrogen-bond donors (Lipinski definition) is 0. The Balaban J connectivity index is 0.000000720. The summed E-state index contributed by atoms with van der Waals surface area (Å²) in [6.45, 7) is 0. The number of rotatable bonds is 1. The molecule has 0 spiro atoms. The first kappa shape index (κ1) is 9.21. The zero-order valence-electron chi connectivity index (χ0n) is 6.23. The summed E-state index contributed by atoms with van der Waals surface area (Å²) < 4.78 is 4.98. The van der Waals surface area contributed by atoms with Gasteiger partial charge in [-0.25, -0.2) is 0 Å². The van der Waals surface area contributed by atoms with Crippen molar-refractivity contribution in [2.75, 3.05) is 0 Å². The molecule has 0 aliphatic rings. The Bertz CT molecular complexity index is 318. The van der Waals surface area contributed by atoms with E-state index in [0.29, 0.717) is 5.89 Å². The third kappa shape index (κ3) is 1.83. The molecule has 2 aromatic rings. The van der Waals surface area contributed by atoms with Crippen LogP contribution in [0.4, 0.5) is 0 Å². The Morgan fingerprint density at radius 1 is 1.17 bits per heavy atom. The molecular formula is C9H6NOW-. The third-order valence-electron chi connectivity index (χ3n) is 1.41. The first-order valence-corrected chi connectivity index (χ1v) is 3.34. The van der Waals surface area contributed by atoms with Gasteiger partial charge in [-0.2, -0.15) is 0 Å². The van der Waals surface area contributed by atoms with Crippen LogP contribution in [-0.4, -0.2) is 4.98 Å². The van der Waals surface area contributed by atoms with Gasteiger partial charge in [0.05, 0.1) is 5.89 Å². The Hall–Kier alpha value is -0.882. The van der Waals surface area contributed by atoms with Crippen molar-refractivity contribution in [1.82, 2.24) is 4.98 Å². The minimum absolute atomic E-state index is 0. The van der Waals surface area contributed by atoms with Gasteiger partial charge in [0.1, 0.15) is 0 Å². The van der Waals surface area contributed by atoms with Crippen molar-refractivity contribution >= 4 is 0 Å². The molecule has 0 saturated carbocycles. The van der Waals surface area contributed by atoms with Gasteiger partial charge in [0.25, 0.3) is 0 Å². The maximum atomic E-state index is 4.98. The molecule has 0 N–H and O–H groups in total. The number of oxazole rings is 1. The van der Waals surface area contributed by atoms with E-state index in [-0.39, 0.29) is 21.1 Å². The van der Waals surface area contributed by atoms with Crippen LogP contribution in [0.2, 0.25) is 0 Å². The van der Waals surface area contributed by atoms with Gasteiger partial charge in [-0.1, -0.05) is 36.6 Å². The SMILES string of the molecule is [W].[c-]1cnc(-c2ccccc2)o1. The molecule has 1 heterocycles. The smallest absolute Gasteiger partial charge is 0.0645 e. The summed E-state index contributed by atoms with van der Waals surface area (Å²) in [5.74, 6) is 0.616. The normalized spacial score (nSPS) is 9.00. The van der Waals surface area contributed by atoms with E-state index in [4.69, 9.17) is 4.42 Å². The zero-order chi connectivity index (χ0) is 7.52. The fourth-order valence-corrected chi connectivity index (χ4v) is 0.908. The molecule has 0 unspecified atom stereocenters. The average molecular weight is 328 g/mol. The topological polar surface area (TPSA) is 26.0 Å². The van der Waals surface area contributed by atoms with Crippen molar-refractivity contribution in [3.63, 3.8) is 0 Å². The average Bonchev–Trinajstić information content (AvgIpc) is 2.58. The molecule has 12 heavy (non-hydrogen) atoms. The van der Waals surface area contributed by atoms with Crippen LogP contribution in [0.1, 0.15) is 0 Å². The minimum Gasteiger partial charge on any atom is -0.627 e. The number of benzene rings is 1. The molecule has 2 nitrogen and oxygen atoms in total. The van der Waals surface area contributed by atoms with E-state index < -0.39 is 0 Å². The zero-order valence-corrected chi connectivity index (χ0v) is 9.16. The van der Waals surface area contributed by atoms with Gasteiger partial charge in [0.2, 0.25) is 0 Å². The molecule has 0 aliphatic carbocycles. The molecule has 1 aromatic carbocycles. The molecule has 3 heteroatoms. The summed E-state index contributed by atoms with van der Waals surface area (Å²) in [5, 5.41) is 0. The van der Waals surface area contributed by atoms with Crippen molar-refractivity contribution in [3.05, 3.63) is 42.8 Å². The second-order valence-electron chi connectivity index (χ2n) is 2.15. The second kappa shape index (κ2) is 4.22. The van der Waals surface area contributed by atoms with Gasteiger partial charge in [0, 0.05) is 21.1 Å². The van der Waals surface area contributed by atoms with Crippen molar-refractivity contribution in [1.29, 1.82) is 0 Å².